The van der Waals surface area contributed by atoms with Gasteiger partial charge < -0.3 is 15.4 Å². The molecule has 2 amide bonds. The van der Waals surface area contributed by atoms with Gasteiger partial charge >= 0.3 is 5.97 Å². The van der Waals surface area contributed by atoms with Gasteiger partial charge in [0.25, 0.3) is 5.91 Å². The predicted octanol–water partition coefficient (Wildman–Crippen LogP) is 1.45. The molecule has 6 nitrogen and oxygen atoms in total. The number of amides is 2. The van der Waals surface area contributed by atoms with Gasteiger partial charge in [0.2, 0.25) is 5.91 Å². The molecule has 1 heterocycles. The Balaban J connectivity index is 1.76. The standard InChI is InChI=1S/C15H17BrN2O4/c1-9(10-2-4-11(16)5-3-10)17-14(20)8-22-15(21)12-6-7-13(19)18-12/h2-5,9,12H,6-8H2,1H3,(H,17,20)(H,18,19)/t9-,12-/m0/s1. The molecule has 2 N–H and O–H groups in total. The Morgan fingerprint density at radius 3 is 2.68 bits per heavy atom. The lowest BCUT2D eigenvalue weighted by atomic mass is 10.1. The lowest BCUT2D eigenvalue weighted by Gasteiger charge is -2.15. The smallest absolute Gasteiger partial charge is 0.329 e. The lowest BCUT2D eigenvalue weighted by molar-refractivity contribution is -0.150. The van der Waals surface area contributed by atoms with Crippen LogP contribution < -0.4 is 10.6 Å². The topological polar surface area (TPSA) is 84.5 Å². The van der Waals surface area contributed by atoms with Gasteiger partial charge in [-0.05, 0) is 31.0 Å². The van der Waals surface area contributed by atoms with Crippen molar-refractivity contribution in [3.63, 3.8) is 0 Å². The number of hydrogen-bond acceptors (Lipinski definition) is 4. The van der Waals surface area contributed by atoms with E-state index in [1.54, 1.807) is 0 Å². The molecule has 7 heteroatoms. The highest BCUT2D eigenvalue weighted by molar-refractivity contribution is 9.10. The van der Waals surface area contributed by atoms with Crippen LogP contribution in [0.4, 0.5) is 0 Å². The summed E-state index contributed by atoms with van der Waals surface area (Å²) in [7, 11) is 0. The first kappa shape index (κ1) is 16.5. The van der Waals surface area contributed by atoms with Crippen LogP contribution in [-0.2, 0) is 19.1 Å². The Kier molecular flexibility index (Phi) is 5.54. The van der Waals surface area contributed by atoms with Crippen molar-refractivity contribution in [2.45, 2.75) is 31.8 Å². The molecule has 0 bridgehead atoms. The molecule has 0 saturated carbocycles. The average Bonchev–Trinajstić information content (AvgIpc) is 2.92. The zero-order valence-electron chi connectivity index (χ0n) is 12.1. The second-order valence-electron chi connectivity index (χ2n) is 5.11. The third kappa shape index (κ3) is 4.56. The van der Waals surface area contributed by atoms with Gasteiger partial charge in [0.05, 0.1) is 6.04 Å². The summed E-state index contributed by atoms with van der Waals surface area (Å²) in [6.45, 7) is 1.49. The highest BCUT2D eigenvalue weighted by Crippen LogP contribution is 2.16. The summed E-state index contributed by atoms with van der Waals surface area (Å²) in [5.74, 6) is -1.12. The summed E-state index contributed by atoms with van der Waals surface area (Å²) in [5, 5.41) is 5.25. The summed E-state index contributed by atoms with van der Waals surface area (Å²) in [4.78, 5) is 34.5. The van der Waals surface area contributed by atoms with Crippen LogP contribution in [0.25, 0.3) is 0 Å². The van der Waals surface area contributed by atoms with Crippen LogP contribution in [0.15, 0.2) is 28.7 Å². The third-order valence-electron chi connectivity index (χ3n) is 3.37. The van der Waals surface area contributed by atoms with Crippen molar-refractivity contribution in [3.8, 4) is 0 Å². The second-order valence-corrected chi connectivity index (χ2v) is 6.02. The van der Waals surface area contributed by atoms with Gasteiger partial charge in [0.1, 0.15) is 6.04 Å². The predicted molar refractivity (Wildman–Crippen MR) is 82.8 cm³/mol. The molecule has 0 spiro atoms. The number of nitrogens with one attached hydrogen (secondary N) is 2. The van der Waals surface area contributed by atoms with Crippen LogP contribution in [-0.4, -0.2) is 30.4 Å². The third-order valence-corrected chi connectivity index (χ3v) is 3.90. The van der Waals surface area contributed by atoms with Crippen molar-refractivity contribution in [1.82, 2.24) is 10.6 Å². The van der Waals surface area contributed by atoms with E-state index < -0.39 is 12.0 Å². The highest BCUT2D eigenvalue weighted by atomic mass is 79.9. The fourth-order valence-corrected chi connectivity index (χ4v) is 2.41. The molecule has 1 fully saturated rings. The number of carbonyl (C=O) groups excluding carboxylic acids is 3. The van der Waals surface area contributed by atoms with E-state index >= 15 is 0 Å². The molecule has 0 radical (unpaired) electrons. The fraction of sp³-hybridized carbons (Fsp3) is 0.400. The minimum atomic E-state index is -0.635. The zero-order chi connectivity index (χ0) is 16.1. The fourth-order valence-electron chi connectivity index (χ4n) is 2.15. The van der Waals surface area contributed by atoms with Crippen LogP contribution in [0.5, 0.6) is 0 Å². The molecule has 1 aliphatic heterocycles. The van der Waals surface area contributed by atoms with Crippen LogP contribution in [0.1, 0.15) is 31.4 Å². The van der Waals surface area contributed by atoms with Gasteiger partial charge in [0.15, 0.2) is 6.61 Å². The summed E-state index contributed by atoms with van der Waals surface area (Å²) in [6.07, 6.45) is 0.723. The van der Waals surface area contributed by atoms with Gasteiger partial charge in [0, 0.05) is 10.9 Å². The second kappa shape index (κ2) is 7.40. The van der Waals surface area contributed by atoms with E-state index in [0.29, 0.717) is 12.8 Å². The summed E-state index contributed by atoms with van der Waals surface area (Å²) in [6, 6.07) is 6.75. The average molecular weight is 369 g/mol. The number of halogens is 1. The molecule has 0 aromatic heterocycles. The number of benzene rings is 1. The largest absolute Gasteiger partial charge is 0.454 e. The molecular formula is C15H17BrN2O4. The summed E-state index contributed by atoms with van der Waals surface area (Å²) < 4.78 is 5.88. The SMILES string of the molecule is C[C@H](NC(=O)COC(=O)[C@@H]1CCC(=O)N1)c1ccc(Br)cc1. The monoisotopic (exact) mass is 368 g/mol. The Bertz CT molecular complexity index is 573. The molecule has 1 aromatic rings. The quantitative estimate of drug-likeness (QED) is 0.770. The number of esters is 1. The molecule has 0 aliphatic carbocycles. The first-order valence-electron chi connectivity index (χ1n) is 6.96. The maximum Gasteiger partial charge on any atom is 0.329 e. The lowest BCUT2D eigenvalue weighted by Crippen LogP contribution is -2.37. The molecule has 1 saturated heterocycles. The van der Waals surface area contributed by atoms with Crippen LogP contribution in [0, 0.1) is 0 Å². The Labute approximate surface area is 136 Å². The summed E-state index contributed by atoms with van der Waals surface area (Å²) in [5.41, 5.74) is 0.950. The molecule has 1 aliphatic rings. The Morgan fingerprint density at radius 1 is 1.41 bits per heavy atom. The minimum absolute atomic E-state index is 0.171. The first-order chi connectivity index (χ1) is 10.5. The van der Waals surface area contributed by atoms with Crippen molar-refractivity contribution in [2.75, 3.05) is 6.61 Å². The van der Waals surface area contributed by atoms with Crippen LogP contribution in [0.2, 0.25) is 0 Å². The minimum Gasteiger partial charge on any atom is -0.454 e. The van der Waals surface area contributed by atoms with E-state index in [9.17, 15) is 14.4 Å². The van der Waals surface area contributed by atoms with E-state index in [2.05, 4.69) is 26.6 Å². The summed E-state index contributed by atoms with van der Waals surface area (Å²) >= 11 is 3.35. The van der Waals surface area contributed by atoms with Crippen LogP contribution in [0.3, 0.4) is 0 Å². The maximum absolute atomic E-state index is 11.8. The Hall–Kier alpha value is -1.89. The normalized spacial score (nSPS) is 18.5. The van der Waals surface area contributed by atoms with Crippen molar-refractivity contribution in [3.05, 3.63) is 34.3 Å². The van der Waals surface area contributed by atoms with E-state index in [0.717, 1.165) is 10.0 Å². The molecule has 1 aromatic carbocycles. The number of rotatable bonds is 5. The van der Waals surface area contributed by atoms with Crippen molar-refractivity contribution < 1.29 is 19.1 Å². The first-order valence-corrected chi connectivity index (χ1v) is 7.76. The van der Waals surface area contributed by atoms with Crippen molar-refractivity contribution in [2.24, 2.45) is 0 Å². The molecule has 2 atom stereocenters. The maximum atomic E-state index is 11.8. The van der Waals surface area contributed by atoms with Gasteiger partial charge in [-0.3, -0.25) is 9.59 Å². The van der Waals surface area contributed by atoms with Crippen molar-refractivity contribution >= 4 is 33.7 Å². The van der Waals surface area contributed by atoms with Gasteiger partial charge in [-0.1, -0.05) is 28.1 Å². The number of ether oxygens (including phenoxy) is 1. The molecular weight excluding hydrogens is 352 g/mol. The van der Waals surface area contributed by atoms with E-state index in [4.69, 9.17) is 4.74 Å². The number of hydrogen-bond donors (Lipinski definition) is 2. The number of carbonyl (C=O) groups is 3. The molecule has 22 heavy (non-hydrogen) atoms. The highest BCUT2D eigenvalue weighted by Gasteiger charge is 2.28. The van der Waals surface area contributed by atoms with E-state index in [1.165, 1.54) is 0 Å². The van der Waals surface area contributed by atoms with Gasteiger partial charge in [-0.25, -0.2) is 4.79 Å². The van der Waals surface area contributed by atoms with Crippen LogP contribution >= 0.6 is 15.9 Å². The molecule has 118 valence electrons. The van der Waals surface area contributed by atoms with Gasteiger partial charge in [-0.15, -0.1) is 0 Å². The van der Waals surface area contributed by atoms with E-state index in [1.807, 2.05) is 31.2 Å². The zero-order valence-corrected chi connectivity index (χ0v) is 13.7. The molecule has 0 unspecified atom stereocenters. The van der Waals surface area contributed by atoms with Gasteiger partial charge in [-0.2, -0.15) is 0 Å². The molecule has 2 rings (SSSR count). The van der Waals surface area contributed by atoms with Crippen molar-refractivity contribution in [1.29, 1.82) is 0 Å². The Morgan fingerprint density at radius 2 is 2.09 bits per heavy atom. The van der Waals surface area contributed by atoms with E-state index in [-0.39, 0.29) is 24.5 Å².